The van der Waals surface area contributed by atoms with E-state index in [9.17, 15) is 9.90 Å². The number of carbonyl (C=O) groups is 1. The standard InChI is InChI=1S/C23H22O4/c1-17(23(24)25)20-13-8-14-21(26-15-18-9-4-2-5-10-18)22(20)27-16-19-11-6-3-7-12-19/h2-9,11-15,17H,10,16H2,1H3,(H,24,25)/b18-15-. The van der Waals surface area contributed by atoms with Gasteiger partial charge in [0.05, 0.1) is 12.2 Å². The summed E-state index contributed by atoms with van der Waals surface area (Å²) >= 11 is 0. The lowest BCUT2D eigenvalue weighted by atomic mass is 10.00. The monoisotopic (exact) mass is 362 g/mol. The highest BCUT2D eigenvalue weighted by molar-refractivity contribution is 5.77. The number of hydrogen-bond donors (Lipinski definition) is 1. The van der Waals surface area contributed by atoms with E-state index in [-0.39, 0.29) is 0 Å². The van der Waals surface area contributed by atoms with Crippen LogP contribution in [0.4, 0.5) is 0 Å². The molecule has 27 heavy (non-hydrogen) atoms. The average molecular weight is 362 g/mol. The van der Waals surface area contributed by atoms with Gasteiger partial charge < -0.3 is 14.6 Å². The lowest BCUT2D eigenvalue weighted by Gasteiger charge is -2.18. The average Bonchev–Trinajstić information content (AvgIpc) is 2.71. The van der Waals surface area contributed by atoms with E-state index in [2.05, 4.69) is 0 Å². The third-order valence-electron chi connectivity index (χ3n) is 4.32. The Bertz CT molecular complexity index is 879. The Kier molecular flexibility index (Phi) is 6.10. The van der Waals surface area contributed by atoms with Gasteiger partial charge in [0.1, 0.15) is 6.61 Å². The van der Waals surface area contributed by atoms with E-state index in [1.807, 2.05) is 54.6 Å². The van der Waals surface area contributed by atoms with Crippen LogP contribution in [0.15, 0.2) is 84.7 Å². The SMILES string of the molecule is CC(C(=O)O)c1cccc(O/C=C2/C=CC=CC2)c1OCc1ccccc1. The first-order chi connectivity index (χ1) is 13.1. The molecule has 138 valence electrons. The highest BCUT2D eigenvalue weighted by Gasteiger charge is 2.21. The minimum Gasteiger partial charge on any atom is -0.485 e. The molecule has 0 aliphatic heterocycles. The Morgan fingerprint density at radius 3 is 2.67 bits per heavy atom. The molecule has 0 saturated heterocycles. The number of rotatable bonds is 7. The zero-order valence-electron chi connectivity index (χ0n) is 15.2. The lowest BCUT2D eigenvalue weighted by Crippen LogP contribution is -2.10. The summed E-state index contributed by atoms with van der Waals surface area (Å²) < 4.78 is 11.9. The highest BCUT2D eigenvalue weighted by atomic mass is 16.5. The number of allylic oxidation sites excluding steroid dienone is 5. The van der Waals surface area contributed by atoms with Gasteiger partial charge in [-0.3, -0.25) is 4.79 Å². The van der Waals surface area contributed by atoms with E-state index in [0.717, 1.165) is 17.6 Å². The van der Waals surface area contributed by atoms with Crippen molar-refractivity contribution in [1.82, 2.24) is 0 Å². The highest BCUT2D eigenvalue weighted by Crippen LogP contribution is 2.37. The number of ether oxygens (including phenoxy) is 2. The molecule has 3 rings (SSSR count). The van der Waals surface area contributed by atoms with Crippen molar-refractivity contribution in [3.8, 4) is 11.5 Å². The molecule has 2 aromatic rings. The van der Waals surface area contributed by atoms with Crippen LogP contribution in [0.25, 0.3) is 0 Å². The number of carboxylic acids is 1. The first kappa shape index (κ1) is 18.5. The Hall–Kier alpha value is -3.27. The Morgan fingerprint density at radius 2 is 1.96 bits per heavy atom. The smallest absolute Gasteiger partial charge is 0.310 e. The van der Waals surface area contributed by atoms with Crippen molar-refractivity contribution in [3.63, 3.8) is 0 Å². The summed E-state index contributed by atoms with van der Waals surface area (Å²) in [5, 5.41) is 9.44. The summed E-state index contributed by atoms with van der Waals surface area (Å²) in [6, 6.07) is 15.1. The quantitative estimate of drug-likeness (QED) is 0.685. The second-order valence-corrected chi connectivity index (χ2v) is 6.31. The van der Waals surface area contributed by atoms with Crippen LogP contribution in [0.3, 0.4) is 0 Å². The molecule has 0 aromatic heterocycles. The summed E-state index contributed by atoms with van der Waals surface area (Å²) in [4.78, 5) is 11.5. The zero-order valence-corrected chi connectivity index (χ0v) is 15.2. The van der Waals surface area contributed by atoms with Crippen molar-refractivity contribution in [2.45, 2.75) is 25.9 Å². The number of hydrogen-bond acceptors (Lipinski definition) is 3. The maximum absolute atomic E-state index is 11.5. The van der Waals surface area contributed by atoms with Gasteiger partial charge in [-0.2, -0.15) is 0 Å². The first-order valence-corrected chi connectivity index (χ1v) is 8.86. The molecule has 0 heterocycles. The van der Waals surface area contributed by atoms with Crippen LogP contribution in [0.5, 0.6) is 11.5 Å². The molecule has 1 aliphatic carbocycles. The summed E-state index contributed by atoms with van der Waals surface area (Å²) in [7, 11) is 0. The molecule has 2 aromatic carbocycles. The Balaban J connectivity index is 1.88. The molecule has 0 saturated carbocycles. The predicted octanol–water partition coefficient (Wildman–Crippen LogP) is 5.23. The molecule has 4 heteroatoms. The lowest BCUT2D eigenvalue weighted by molar-refractivity contribution is -0.138. The van der Waals surface area contributed by atoms with Crippen LogP contribution in [0.1, 0.15) is 30.4 Å². The zero-order chi connectivity index (χ0) is 19.1. The van der Waals surface area contributed by atoms with E-state index in [1.54, 1.807) is 31.4 Å². The summed E-state index contributed by atoms with van der Waals surface area (Å²) in [5.74, 6) is -0.643. The van der Waals surface area contributed by atoms with Gasteiger partial charge >= 0.3 is 5.97 Å². The third kappa shape index (κ3) is 4.88. The second kappa shape index (κ2) is 8.90. The number of para-hydroxylation sites is 1. The molecule has 1 aliphatic rings. The molecule has 0 amide bonds. The summed E-state index contributed by atoms with van der Waals surface area (Å²) in [6.45, 7) is 1.98. The number of aliphatic carboxylic acids is 1. The van der Waals surface area contributed by atoms with Crippen molar-refractivity contribution in [1.29, 1.82) is 0 Å². The van der Waals surface area contributed by atoms with Gasteiger partial charge in [0.2, 0.25) is 0 Å². The third-order valence-corrected chi connectivity index (χ3v) is 4.32. The topological polar surface area (TPSA) is 55.8 Å². The largest absolute Gasteiger partial charge is 0.485 e. The molecule has 4 nitrogen and oxygen atoms in total. The maximum Gasteiger partial charge on any atom is 0.310 e. The van der Waals surface area contributed by atoms with Gasteiger partial charge in [-0.1, -0.05) is 66.8 Å². The van der Waals surface area contributed by atoms with Crippen molar-refractivity contribution in [2.24, 2.45) is 0 Å². The Morgan fingerprint density at radius 1 is 1.15 bits per heavy atom. The molecule has 1 atom stereocenters. The second-order valence-electron chi connectivity index (χ2n) is 6.31. The van der Waals surface area contributed by atoms with Crippen molar-refractivity contribution in [2.75, 3.05) is 0 Å². The molecular weight excluding hydrogens is 340 g/mol. The molecule has 0 bridgehead atoms. The molecule has 0 radical (unpaired) electrons. The minimum absolute atomic E-state index is 0.333. The fourth-order valence-corrected chi connectivity index (χ4v) is 2.74. The minimum atomic E-state index is -0.907. The van der Waals surface area contributed by atoms with Crippen LogP contribution >= 0.6 is 0 Å². The van der Waals surface area contributed by atoms with Crippen LogP contribution in [-0.2, 0) is 11.4 Å². The first-order valence-electron chi connectivity index (χ1n) is 8.86. The number of carboxylic acid groups (broad SMARTS) is 1. The van der Waals surface area contributed by atoms with Crippen LogP contribution in [-0.4, -0.2) is 11.1 Å². The molecular formula is C23H22O4. The van der Waals surface area contributed by atoms with Gasteiger partial charge in [0.15, 0.2) is 11.5 Å². The van der Waals surface area contributed by atoms with E-state index in [0.29, 0.717) is 23.7 Å². The fraction of sp³-hybridized carbons (Fsp3) is 0.174. The Labute approximate surface area is 159 Å². The summed E-state index contributed by atoms with van der Waals surface area (Å²) in [5.41, 5.74) is 2.62. The normalized spacial score (nSPS) is 15.5. The van der Waals surface area contributed by atoms with Gasteiger partial charge in [-0.25, -0.2) is 0 Å². The van der Waals surface area contributed by atoms with Crippen molar-refractivity contribution >= 4 is 5.97 Å². The maximum atomic E-state index is 11.5. The molecule has 1 unspecified atom stereocenters. The molecule has 0 fully saturated rings. The number of benzene rings is 2. The molecule has 1 N–H and O–H groups in total. The van der Waals surface area contributed by atoms with Gasteiger partial charge in [-0.05, 0) is 30.5 Å². The fourth-order valence-electron chi connectivity index (χ4n) is 2.74. The predicted molar refractivity (Wildman–Crippen MR) is 105 cm³/mol. The van der Waals surface area contributed by atoms with Crippen LogP contribution in [0.2, 0.25) is 0 Å². The van der Waals surface area contributed by atoms with Crippen LogP contribution in [0, 0.1) is 0 Å². The van der Waals surface area contributed by atoms with E-state index < -0.39 is 11.9 Å². The van der Waals surface area contributed by atoms with Crippen molar-refractivity contribution in [3.05, 3.63) is 95.8 Å². The summed E-state index contributed by atoms with van der Waals surface area (Å²) in [6.07, 6.45) is 10.4. The van der Waals surface area contributed by atoms with E-state index in [1.165, 1.54) is 0 Å². The van der Waals surface area contributed by atoms with Gasteiger partial charge in [0, 0.05) is 5.56 Å². The van der Waals surface area contributed by atoms with Crippen molar-refractivity contribution < 1.29 is 19.4 Å². The van der Waals surface area contributed by atoms with Gasteiger partial charge in [0.25, 0.3) is 0 Å². The van der Waals surface area contributed by atoms with Crippen LogP contribution < -0.4 is 9.47 Å². The van der Waals surface area contributed by atoms with E-state index in [4.69, 9.17) is 9.47 Å². The van der Waals surface area contributed by atoms with E-state index >= 15 is 0 Å². The molecule has 0 spiro atoms. The van der Waals surface area contributed by atoms with Gasteiger partial charge in [-0.15, -0.1) is 0 Å².